The summed E-state index contributed by atoms with van der Waals surface area (Å²) in [5.41, 5.74) is 3.57. The number of carbonyl (C=O) groups is 1. The lowest BCUT2D eigenvalue weighted by Crippen LogP contribution is -2.13. The van der Waals surface area contributed by atoms with Crippen LogP contribution in [0.1, 0.15) is 16.1 Å². The molecule has 0 bridgehead atoms. The Hall–Kier alpha value is -3.12. The highest BCUT2D eigenvalue weighted by molar-refractivity contribution is 6.30. The van der Waals surface area contributed by atoms with Crippen molar-refractivity contribution in [3.05, 3.63) is 71.1 Å². The van der Waals surface area contributed by atoms with Crippen molar-refractivity contribution >= 4 is 34.1 Å². The molecule has 6 nitrogen and oxygen atoms in total. The second kappa shape index (κ2) is 6.07. The summed E-state index contributed by atoms with van der Waals surface area (Å²) in [6.07, 6.45) is 3.28. The molecular weight excluding hydrogens is 338 g/mol. The number of rotatable bonds is 3. The monoisotopic (exact) mass is 351 g/mol. The largest absolute Gasteiger partial charge is 0.320 e. The molecule has 2 N–H and O–H groups in total. The van der Waals surface area contributed by atoms with Gasteiger partial charge in [-0.2, -0.15) is 10.2 Å². The zero-order valence-corrected chi connectivity index (χ0v) is 14.1. The molecule has 2 aromatic carbocycles. The number of nitrogens with one attached hydrogen (secondary N) is 2. The van der Waals surface area contributed by atoms with E-state index in [0.717, 1.165) is 22.3 Å². The van der Waals surface area contributed by atoms with Gasteiger partial charge in [-0.3, -0.25) is 9.89 Å². The Balaban J connectivity index is 1.65. The van der Waals surface area contributed by atoms with Crippen molar-refractivity contribution in [3.8, 4) is 5.69 Å². The van der Waals surface area contributed by atoms with Gasteiger partial charge in [0, 0.05) is 10.4 Å². The van der Waals surface area contributed by atoms with Crippen molar-refractivity contribution in [3.63, 3.8) is 0 Å². The normalized spacial score (nSPS) is 11.0. The zero-order chi connectivity index (χ0) is 17.4. The maximum absolute atomic E-state index is 12.7. The van der Waals surface area contributed by atoms with Crippen molar-refractivity contribution in [2.24, 2.45) is 0 Å². The molecule has 0 aliphatic heterocycles. The molecule has 0 unspecified atom stereocenters. The first kappa shape index (κ1) is 15.4. The van der Waals surface area contributed by atoms with E-state index in [1.165, 1.54) is 0 Å². The summed E-state index contributed by atoms with van der Waals surface area (Å²) in [6.45, 7) is 1.85. The fourth-order valence-corrected chi connectivity index (χ4v) is 2.86. The minimum absolute atomic E-state index is 0.222. The van der Waals surface area contributed by atoms with E-state index in [0.29, 0.717) is 16.3 Å². The predicted octanol–water partition coefficient (Wildman–Crippen LogP) is 3.96. The van der Waals surface area contributed by atoms with Crippen molar-refractivity contribution in [1.82, 2.24) is 20.0 Å². The molecule has 0 saturated carbocycles. The number of halogens is 1. The number of anilines is 1. The van der Waals surface area contributed by atoms with E-state index in [1.54, 1.807) is 29.2 Å². The highest BCUT2D eigenvalue weighted by atomic mass is 35.5. The van der Waals surface area contributed by atoms with E-state index >= 15 is 0 Å². The van der Waals surface area contributed by atoms with Crippen LogP contribution in [0.25, 0.3) is 16.6 Å². The summed E-state index contributed by atoms with van der Waals surface area (Å²) in [7, 11) is 0. The molecule has 1 amide bonds. The van der Waals surface area contributed by atoms with Crippen LogP contribution in [0.5, 0.6) is 0 Å². The van der Waals surface area contributed by atoms with E-state index in [-0.39, 0.29) is 5.91 Å². The highest BCUT2D eigenvalue weighted by Gasteiger charge is 2.16. The van der Waals surface area contributed by atoms with Gasteiger partial charge in [-0.1, -0.05) is 23.7 Å². The first-order valence-electron chi connectivity index (χ1n) is 7.67. The Labute approximate surface area is 148 Å². The van der Waals surface area contributed by atoms with Gasteiger partial charge in [-0.05, 0) is 37.3 Å². The highest BCUT2D eigenvalue weighted by Crippen LogP contribution is 2.22. The molecule has 4 aromatic rings. The van der Waals surface area contributed by atoms with E-state index in [4.69, 9.17) is 11.6 Å². The molecule has 2 aromatic heterocycles. The number of aromatic nitrogens is 4. The number of fused-ring (bicyclic) bond motifs is 1. The van der Waals surface area contributed by atoms with Crippen LogP contribution in [0.3, 0.4) is 0 Å². The Bertz CT molecular complexity index is 1060. The molecule has 7 heteroatoms. The molecule has 0 aliphatic rings. The Kier molecular flexibility index (Phi) is 3.74. The zero-order valence-electron chi connectivity index (χ0n) is 13.3. The molecule has 0 saturated heterocycles. The molecule has 0 radical (unpaired) electrons. The summed E-state index contributed by atoms with van der Waals surface area (Å²) in [6, 6.07) is 12.9. The number of H-pyrrole nitrogens is 1. The summed E-state index contributed by atoms with van der Waals surface area (Å²) < 4.78 is 1.71. The maximum Gasteiger partial charge on any atom is 0.259 e. The Morgan fingerprint density at radius 2 is 1.96 bits per heavy atom. The summed E-state index contributed by atoms with van der Waals surface area (Å²) >= 11 is 5.92. The fourth-order valence-electron chi connectivity index (χ4n) is 2.74. The van der Waals surface area contributed by atoms with E-state index < -0.39 is 0 Å². The quantitative estimate of drug-likeness (QED) is 0.586. The van der Waals surface area contributed by atoms with Gasteiger partial charge in [0.15, 0.2) is 0 Å². The predicted molar refractivity (Wildman–Crippen MR) is 97.4 cm³/mol. The number of benzene rings is 2. The molecule has 25 heavy (non-hydrogen) atoms. The van der Waals surface area contributed by atoms with Crippen LogP contribution in [-0.4, -0.2) is 25.9 Å². The minimum atomic E-state index is -0.222. The molecule has 2 heterocycles. The number of para-hydroxylation sites is 1. The summed E-state index contributed by atoms with van der Waals surface area (Å²) in [5, 5.41) is 15.7. The number of nitrogens with zero attached hydrogens (tertiary/aromatic N) is 3. The number of carbonyl (C=O) groups excluding carboxylic acids is 1. The Morgan fingerprint density at radius 3 is 2.76 bits per heavy atom. The van der Waals surface area contributed by atoms with E-state index in [9.17, 15) is 4.79 Å². The van der Waals surface area contributed by atoms with Crippen LogP contribution < -0.4 is 5.32 Å². The Morgan fingerprint density at radius 1 is 1.16 bits per heavy atom. The van der Waals surface area contributed by atoms with Gasteiger partial charge >= 0.3 is 0 Å². The maximum atomic E-state index is 12.7. The second-order valence-electron chi connectivity index (χ2n) is 5.63. The van der Waals surface area contributed by atoms with Crippen LogP contribution in [0.15, 0.2) is 54.9 Å². The van der Waals surface area contributed by atoms with Gasteiger partial charge in [0.1, 0.15) is 0 Å². The van der Waals surface area contributed by atoms with Crippen molar-refractivity contribution in [1.29, 1.82) is 0 Å². The van der Waals surface area contributed by atoms with Gasteiger partial charge in [-0.15, -0.1) is 0 Å². The molecule has 0 fully saturated rings. The lowest BCUT2D eigenvalue weighted by atomic mass is 10.2. The standard InChI is InChI=1S/C18H14ClN5O/c1-11-15(10-21-24(11)14-7-5-13(19)6-8-14)18(25)22-16-4-2-3-12-9-20-23-17(12)16/h2-10H,1H3,(H,20,23)(H,22,25). The van der Waals surface area contributed by atoms with Gasteiger partial charge in [0.25, 0.3) is 5.91 Å². The van der Waals surface area contributed by atoms with Crippen molar-refractivity contribution in [2.45, 2.75) is 6.92 Å². The lowest BCUT2D eigenvalue weighted by molar-refractivity contribution is 0.102. The van der Waals surface area contributed by atoms with Crippen LogP contribution in [0.4, 0.5) is 5.69 Å². The topological polar surface area (TPSA) is 75.6 Å². The molecule has 0 atom stereocenters. The smallest absolute Gasteiger partial charge is 0.259 e. The van der Waals surface area contributed by atoms with Gasteiger partial charge in [0.2, 0.25) is 0 Å². The van der Waals surface area contributed by atoms with Crippen LogP contribution in [0, 0.1) is 6.92 Å². The summed E-state index contributed by atoms with van der Waals surface area (Å²) in [4.78, 5) is 12.7. The number of hydrogen-bond acceptors (Lipinski definition) is 3. The molecule has 0 spiro atoms. The van der Waals surface area contributed by atoms with Crippen molar-refractivity contribution < 1.29 is 4.79 Å². The van der Waals surface area contributed by atoms with Crippen molar-refractivity contribution in [2.75, 3.05) is 5.32 Å². The molecule has 124 valence electrons. The van der Waals surface area contributed by atoms with Gasteiger partial charge < -0.3 is 5.32 Å². The lowest BCUT2D eigenvalue weighted by Gasteiger charge is -2.07. The molecule has 4 rings (SSSR count). The number of hydrogen-bond donors (Lipinski definition) is 2. The minimum Gasteiger partial charge on any atom is -0.320 e. The molecule has 0 aliphatic carbocycles. The van der Waals surface area contributed by atoms with E-state index in [1.807, 2.05) is 37.3 Å². The number of aromatic amines is 1. The summed E-state index contributed by atoms with van der Waals surface area (Å²) in [5.74, 6) is -0.222. The third kappa shape index (κ3) is 2.77. The molecular formula is C18H14ClN5O. The van der Waals surface area contributed by atoms with Gasteiger partial charge in [0.05, 0.1) is 40.5 Å². The van der Waals surface area contributed by atoms with Crippen LogP contribution in [-0.2, 0) is 0 Å². The fraction of sp³-hybridized carbons (Fsp3) is 0.0556. The van der Waals surface area contributed by atoms with Crippen LogP contribution in [0.2, 0.25) is 5.02 Å². The first-order chi connectivity index (χ1) is 12.1. The second-order valence-corrected chi connectivity index (χ2v) is 6.06. The van der Waals surface area contributed by atoms with Gasteiger partial charge in [-0.25, -0.2) is 4.68 Å². The third-order valence-corrected chi connectivity index (χ3v) is 4.30. The average Bonchev–Trinajstić information content (AvgIpc) is 3.23. The van der Waals surface area contributed by atoms with E-state index in [2.05, 4.69) is 20.6 Å². The van der Waals surface area contributed by atoms with Crippen LogP contribution >= 0.6 is 11.6 Å². The average molecular weight is 352 g/mol. The first-order valence-corrected chi connectivity index (χ1v) is 8.05. The third-order valence-electron chi connectivity index (χ3n) is 4.05. The number of amides is 1. The SMILES string of the molecule is Cc1c(C(=O)Nc2cccc3cn[nH]c23)cnn1-c1ccc(Cl)cc1.